The predicted molar refractivity (Wildman–Crippen MR) is 131 cm³/mol. The normalized spacial score (nSPS) is 26.3. The minimum atomic E-state index is 1.03. The van der Waals surface area contributed by atoms with E-state index in [2.05, 4.69) is 45.6 Å². The lowest BCUT2D eigenvalue weighted by molar-refractivity contribution is 0.0986. The molecule has 0 aromatic carbocycles. The molecule has 2 aliphatic carbocycles. The topological polar surface area (TPSA) is 0 Å². The minimum absolute atomic E-state index is 1.03. The number of hydrogen-bond donors (Lipinski definition) is 0. The Bertz CT molecular complexity index is 557. The highest BCUT2D eigenvalue weighted by molar-refractivity contribution is 5.06. The second-order valence-corrected chi connectivity index (χ2v) is 10.0. The number of fused-ring (bicyclic) bond motifs is 1. The molecule has 29 heavy (non-hydrogen) atoms. The molecule has 2 saturated carbocycles. The van der Waals surface area contributed by atoms with E-state index in [0.717, 1.165) is 24.2 Å². The summed E-state index contributed by atoms with van der Waals surface area (Å²) in [7, 11) is 0. The number of allylic oxidation sites excluding steroid dienone is 7. The zero-order valence-electron chi connectivity index (χ0n) is 19.9. The van der Waals surface area contributed by atoms with Crippen LogP contribution in [-0.2, 0) is 0 Å². The van der Waals surface area contributed by atoms with Crippen LogP contribution in [0.2, 0.25) is 0 Å². The Morgan fingerprint density at radius 1 is 0.690 bits per heavy atom. The van der Waals surface area contributed by atoms with Crippen LogP contribution in [0, 0.1) is 17.8 Å². The molecule has 0 aromatic rings. The van der Waals surface area contributed by atoms with Gasteiger partial charge in [-0.3, -0.25) is 0 Å². The summed E-state index contributed by atoms with van der Waals surface area (Å²) in [5, 5.41) is 0. The molecule has 0 N–H and O–H groups in total. The van der Waals surface area contributed by atoms with Gasteiger partial charge < -0.3 is 0 Å². The van der Waals surface area contributed by atoms with Crippen molar-refractivity contribution >= 4 is 0 Å². The van der Waals surface area contributed by atoms with Gasteiger partial charge in [0.15, 0.2) is 0 Å². The smallest absolute Gasteiger partial charge is 0.0288 e. The molecular formula is C29H48. The SMILES string of the molecule is C=CCC/C(C)=C/CC/C(C)=C/CC/C(C)=C/CC[C@H]1CCC[C@H]2CCCCC21. The van der Waals surface area contributed by atoms with Crippen molar-refractivity contribution in [2.24, 2.45) is 17.8 Å². The van der Waals surface area contributed by atoms with Crippen molar-refractivity contribution in [2.75, 3.05) is 0 Å². The van der Waals surface area contributed by atoms with Gasteiger partial charge in [-0.1, -0.05) is 79.5 Å². The summed E-state index contributed by atoms with van der Waals surface area (Å²) in [5.74, 6) is 3.19. The first-order chi connectivity index (χ1) is 14.1. The van der Waals surface area contributed by atoms with Crippen LogP contribution in [0.1, 0.15) is 117 Å². The van der Waals surface area contributed by atoms with Gasteiger partial charge in [-0.15, -0.1) is 6.58 Å². The molecule has 0 aliphatic heterocycles. The lowest BCUT2D eigenvalue weighted by atomic mass is 9.64. The van der Waals surface area contributed by atoms with Crippen molar-refractivity contribution in [3.05, 3.63) is 47.6 Å². The van der Waals surface area contributed by atoms with Gasteiger partial charge in [0.05, 0.1) is 0 Å². The van der Waals surface area contributed by atoms with E-state index >= 15 is 0 Å². The second kappa shape index (κ2) is 14.1. The van der Waals surface area contributed by atoms with Gasteiger partial charge in [-0.05, 0) is 96.3 Å². The van der Waals surface area contributed by atoms with Crippen molar-refractivity contribution in [3.8, 4) is 0 Å². The molecule has 0 spiro atoms. The Labute approximate surface area is 182 Å². The van der Waals surface area contributed by atoms with Crippen LogP contribution < -0.4 is 0 Å². The Morgan fingerprint density at radius 3 is 1.90 bits per heavy atom. The second-order valence-electron chi connectivity index (χ2n) is 10.0. The summed E-state index contributed by atoms with van der Waals surface area (Å²) in [5.41, 5.74) is 4.66. The van der Waals surface area contributed by atoms with Crippen molar-refractivity contribution in [1.82, 2.24) is 0 Å². The molecule has 0 heterocycles. The molecule has 0 amide bonds. The Kier molecular flexibility index (Phi) is 11.7. The van der Waals surface area contributed by atoms with E-state index in [0.29, 0.717) is 0 Å². The monoisotopic (exact) mass is 396 g/mol. The fraction of sp³-hybridized carbons (Fsp3) is 0.724. The molecule has 1 unspecified atom stereocenters. The number of rotatable bonds is 12. The van der Waals surface area contributed by atoms with E-state index in [-0.39, 0.29) is 0 Å². The van der Waals surface area contributed by atoms with E-state index in [9.17, 15) is 0 Å². The van der Waals surface area contributed by atoms with Crippen LogP contribution in [0.5, 0.6) is 0 Å². The van der Waals surface area contributed by atoms with Crippen LogP contribution in [0.4, 0.5) is 0 Å². The molecule has 0 radical (unpaired) electrons. The Morgan fingerprint density at radius 2 is 1.24 bits per heavy atom. The average Bonchev–Trinajstić information content (AvgIpc) is 2.72. The molecule has 3 atom stereocenters. The Hall–Kier alpha value is -1.04. The fourth-order valence-corrected chi connectivity index (χ4v) is 5.70. The van der Waals surface area contributed by atoms with Gasteiger partial charge in [-0.2, -0.15) is 0 Å². The van der Waals surface area contributed by atoms with Crippen molar-refractivity contribution in [2.45, 2.75) is 117 Å². The van der Waals surface area contributed by atoms with E-state index in [1.165, 1.54) is 95.5 Å². The standard InChI is InChI=1S/C29H48/c1-5-6-13-24(2)14-9-15-25(3)16-10-17-26(4)18-11-20-28-22-12-21-27-19-7-8-23-29(27)28/h5,14,16,18,27-29H,1,6-13,15,17,19-23H2,2-4H3/b24-14+,25-16+,26-18+/t27-,28+,29?/m1/s1. The summed E-state index contributed by atoms with van der Waals surface area (Å²) in [6, 6.07) is 0. The zero-order chi connectivity index (χ0) is 20.9. The molecule has 0 nitrogen and oxygen atoms in total. The molecule has 164 valence electrons. The van der Waals surface area contributed by atoms with Gasteiger partial charge in [-0.25, -0.2) is 0 Å². The third-order valence-electron chi connectivity index (χ3n) is 7.56. The molecule has 2 fully saturated rings. The average molecular weight is 397 g/mol. The lowest BCUT2D eigenvalue weighted by Crippen LogP contribution is -2.30. The zero-order valence-corrected chi connectivity index (χ0v) is 19.9. The van der Waals surface area contributed by atoms with E-state index in [1.54, 1.807) is 11.1 Å². The van der Waals surface area contributed by atoms with Crippen molar-refractivity contribution in [1.29, 1.82) is 0 Å². The highest BCUT2D eigenvalue weighted by atomic mass is 14.4. The molecule has 2 aliphatic rings. The maximum atomic E-state index is 3.81. The van der Waals surface area contributed by atoms with Crippen molar-refractivity contribution < 1.29 is 0 Å². The van der Waals surface area contributed by atoms with Gasteiger partial charge in [0.25, 0.3) is 0 Å². The summed E-state index contributed by atoms with van der Waals surface area (Å²) < 4.78 is 0. The van der Waals surface area contributed by atoms with Crippen LogP contribution >= 0.6 is 0 Å². The highest BCUT2D eigenvalue weighted by Crippen LogP contribution is 2.45. The Balaban J connectivity index is 1.62. The molecule has 0 bridgehead atoms. The highest BCUT2D eigenvalue weighted by Gasteiger charge is 2.33. The van der Waals surface area contributed by atoms with Crippen LogP contribution in [0.3, 0.4) is 0 Å². The fourth-order valence-electron chi connectivity index (χ4n) is 5.70. The quantitative estimate of drug-likeness (QED) is 0.288. The third-order valence-corrected chi connectivity index (χ3v) is 7.56. The number of hydrogen-bond acceptors (Lipinski definition) is 0. The molecule has 0 heteroatoms. The van der Waals surface area contributed by atoms with Crippen LogP contribution in [-0.4, -0.2) is 0 Å². The van der Waals surface area contributed by atoms with Crippen LogP contribution in [0.25, 0.3) is 0 Å². The van der Waals surface area contributed by atoms with Gasteiger partial charge in [0.1, 0.15) is 0 Å². The van der Waals surface area contributed by atoms with E-state index in [1.807, 2.05) is 6.08 Å². The summed E-state index contributed by atoms with van der Waals surface area (Å²) in [4.78, 5) is 0. The first-order valence-electron chi connectivity index (χ1n) is 12.7. The maximum Gasteiger partial charge on any atom is -0.0288 e. The van der Waals surface area contributed by atoms with Gasteiger partial charge in [0.2, 0.25) is 0 Å². The van der Waals surface area contributed by atoms with Crippen LogP contribution in [0.15, 0.2) is 47.6 Å². The molecule has 2 rings (SSSR count). The third kappa shape index (κ3) is 9.54. The first-order valence-corrected chi connectivity index (χ1v) is 12.7. The predicted octanol–water partition coefficient (Wildman–Crippen LogP) is 9.74. The molecule has 0 saturated heterocycles. The summed E-state index contributed by atoms with van der Waals surface area (Å²) >= 11 is 0. The molecular weight excluding hydrogens is 348 g/mol. The summed E-state index contributed by atoms with van der Waals surface area (Å²) in [6.07, 6.45) is 29.9. The maximum absolute atomic E-state index is 3.81. The lowest BCUT2D eigenvalue weighted by Gasteiger charge is -2.41. The van der Waals surface area contributed by atoms with E-state index < -0.39 is 0 Å². The summed E-state index contributed by atoms with van der Waals surface area (Å²) in [6.45, 7) is 10.7. The first kappa shape index (κ1) is 24.2. The van der Waals surface area contributed by atoms with Crippen molar-refractivity contribution in [3.63, 3.8) is 0 Å². The van der Waals surface area contributed by atoms with Gasteiger partial charge in [0, 0.05) is 0 Å². The van der Waals surface area contributed by atoms with E-state index in [4.69, 9.17) is 0 Å². The molecule has 0 aromatic heterocycles. The van der Waals surface area contributed by atoms with Gasteiger partial charge >= 0.3 is 0 Å². The largest absolute Gasteiger partial charge is 0.103 e. The minimum Gasteiger partial charge on any atom is -0.103 e.